The summed E-state index contributed by atoms with van der Waals surface area (Å²) in [6, 6.07) is 13.5. The number of likely N-dealkylation sites (tertiary alicyclic amines) is 1. The number of hydrogen-bond donors (Lipinski definition) is 2. The van der Waals surface area contributed by atoms with Gasteiger partial charge in [0.2, 0.25) is 5.91 Å². The summed E-state index contributed by atoms with van der Waals surface area (Å²) in [5.74, 6) is -0.713. The summed E-state index contributed by atoms with van der Waals surface area (Å²) in [5.41, 5.74) is 9.78. The van der Waals surface area contributed by atoms with Crippen molar-refractivity contribution >= 4 is 11.8 Å². The molecule has 3 N–H and O–H groups in total. The van der Waals surface area contributed by atoms with E-state index in [2.05, 4.69) is 4.90 Å². The molecule has 0 aromatic heterocycles. The summed E-state index contributed by atoms with van der Waals surface area (Å²) >= 11 is 0. The van der Waals surface area contributed by atoms with Crippen LogP contribution >= 0.6 is 0 Å². The zero-order valence-corrected chi connectivity index (χ0v) is 17.1. The molecule has 1 aliphatic rings. The molecule has 1 heterocycles. The highest BCUT2D eigenvalue weighted by Crippen LogP contribution is 2.27. The number of aliphatic hydroxyl groups excluding tert-OH is 1. The highest BCUT2D eigenvalue weighted by Gasteiger charge is 2.27. The highest BCUT2D eigenvalue weighted by molar-refractivity contribution is 5.96. The number of nitrogens with two attached hydrogens (primary N) is 1. The van der Waals surface area contributed by atoms with E-state index in [-0.39, 0.29) is 24.3 Å². The van der Waals surface area contributed by atoms with E-state index in [1.165, 1.54) is 0 Å². The lowest BCUT2D eigenvalue weighted by Gasteiger charge is -2.31. The van der Waals surface area contributed by atoms with Crippen LogP contribution in [0.4, 0.5) is 0 Å². The summed E-state index contributed by atoms with van der Waals surface area (Å²) in [6.07, 6.45) is 1.51. The van der Waals surface area contributed by atoms with Gasteiger partial charge in [-0.3, -0.25) is 9.59 Å². The minimum atomic E-state index is -0.346. The molecule has 2 aromatic carbocycles. The van der Waals surface area contributed by atoms with E-state index < -0.39 is 0 Å². The number of rotatable bonds is 6. The SMILES string of the molecule is CN(C)Cc1ccc(-c2cccc(C(=O)N3CCCC(C(N)=O)C3)c2)c(CO)c1. The molecule has 0 saturated carbocycles. The second-order valence-corrected chi connectivity index (χ2v) is 7.96. The van der Waals surface area contributed by atoms with Crippen molar-refractivity contribution in [2.45, 2.75) is 26.0 Å². The Labute approximate surface area is 171 Å². The standard InChI is InChI=1S/C23H29N3O3/c1-25(2)13-16-8-9-21(20(11-16)15-27)17-5-3-6-18(12-17)23(29)26-10-4-7-19(14-26)22(24)28/h3,5-6,8-9,11-12,19,27H,4,7,10,13-15H2,1-2H3,(H2,24,28). The van der Waals surface area contributed by atoms with Gasteiger partial charge in [0.05, 0.1) is 12.5 Å². The first-order valence-electron chi connectivity index (χ1n) is 9.95. The van der Waals surface area contributed by atoms with Crippen LogP contribution in [0.1, 0.15) is 34.3 Å². The Kier molecular flexibility index (Phi) is 6.67. The first-order valence-corrected chi connectivity index (χ1v) is 9.95. The Hall–Kier alpha value is -2.70. The third-order valence-corrected chi connectivity index (χ3v) is 5.37. The summed E-state index contributed by atoms with van der Waals surface area (Å²) in [5, 5.41) is 9.87. The molecule has 1 unspecified atom stereocenters. The first kappa shape index (κ1) is 21.0. The van der Waals surface area contributed by atoms with Gasteiger partial charge in [-0.25, -0.2) is 0 Å². The van der Waals surface area contributed by atoms with Crippen LogP contribution in [-0.4, -0.2) is 53.9 Å². The summed E-state index contributed by atoms with van der Waals surface area (Å²) in [6.45, 7) is 1.73. The van der Waals surface area contributed by atoms with Crippen LogP contribution in [0.25, 0.3) is 11.1 Å². The van der Waals surface area contributed by atoms with Crippen molar-refractivity contribution in [2.24, 2.45) is 11.7 Å². The molecule has 29 heavy (non-hydrogen) atoms. The van der Waals surface area contributed by atoms with Gasteiger partial charge >= 0.3 is 0 Å². The largest absolute Gasteiger partial charge is 0.392 e. The Morgan fingerprint density at radius 2 is 2.00 bits per heavy atom. The van der Waals surface area contributed by atoms with Crippen molar-refractivity contribution < 1.29 is 14.7 Å². The summed E-state index contributed by atoms with van der Waals surface area (Å²) < 4.78 is 0. The van der Waals surface area contributed by atoms with Crippen LogP contribution in [0.5, 0.6) is 0 Å². The molecular weight excluding hydrogens is 366 g/mol. The number of aliphatic hydroxyl groups is 1. The number of benzene rings is 2. The molecular formula is C23H29N3O3. The van der Waals surface area contributed by atoms with E-state index >= 15 is 0 Å². The van der Waals surface area contributed by atoms with Gasteiger partial charge in [-0.15, -0.1) is 0 Å². The van der Waals surface area contributed by atoms with E-state index in [4.69, 9.17) is 5.73 Å². The summed E-state index contributed by atoms with van der Waals surface area (Å²) in [4.78, 5) is 28.3. The molecule has 3 rings (SSSR count). The van der Waals surface area contributed by atoms with Crippen LogP contribution in [0.3, 0.4) is 0 Å². The predicted molar refractivity (Wildman–Crippen MR) is 113 cm³/mol. The van der Waals surface area contributed by atoms with Crippen LogP contribution in [0.2, 0.25) is 0 Å². The van der Waals surface area contributed by atoms with Crippen LogP contribution in [-0.2, 0) is 17.9 Å². The van der Waals surface area contributed by atoms with Crippen LogP contribution in [0.15, 0.2) is 42.5 Å². The molecule has 0 bridgehead atoms. The van der Waals surface area contributed by atoms with Gasteiger partial charge in [0.1, 0.15) is 0 Å². The fraction of sp³-hybridized carbons (Fsp3) is 0.391. The maximum atomic E-state index is 13.0. The average Bonchev–Trinajstić information content (AvgIpc) is 2.72. The lowest BCUT2D eigenvalue weighted by Crippen LogP contribution is -2.44. The molecule has 1 saturated heterocycles. The molecule has 6 heteroatoms. The monoisotopic (exact) mass is 395 g/mol. The number of carbonyl (C=O) groups excluding carboxylic acids is 2. The number of hydrogen-bond acceptors (Lipinski definition) is 4. The molecule has 0 spiro atoms. The number of primary amides is 1. The van der Waals surface area contributed by atoms with Crippen molar-refractivity contribution in [1.82, 2.24) is 9.80 Å². The number of amides is 2. The van der Waals surface area contributed by atoms with E-state index in [9.17, 15) is 14.7 Å². The zero-order chi connectivity index (χ0) is 21.0. The van der Waals surface area contributed by atoms with Gasteiger partial charge in [-0.2, -0.15) is 0 Å². The van der Waals surface area contributed by atoms with Gasteiger partial charge < -0.3 is 20.6 Å². The van der Waals surface area contributed by atoms with Crippen LogP contribution < -0.4 is 5.73 Å². The average molecular weight is 396 g/mol. The Balaban J connectivity index is 1.86. The predicted octanol–water partition coefficient (Wildman–Crippen LogP) is 2.25. The molecule has 2 aromatic rings. The quantitative estimate of drug-likeness (QED) is 0.785. The van der Waals surface area contributed by atoms with Crippen molar-refractivity contribution in [3.05, 3.63) is 59.2 Å². The number of carbonyl (C=O) groups is 2. The minimum absolute atomic E-state index is 0.0683. The molecule has 6 nitrogen and oxygen atoms in total. The normalized spacial score (nSPS) is 16.8. The van der Waals surface area contributed by atoms with E-state index in [0.29, 0.717) is 18.7 Å². The van der Waals surface area contributed by atoms with Crippen molar-refractivity contribution in [2.75, 3.05) is 27.2 Å². The van der Waals surface area contributed by atoms with E-state index in [1.807, 2.05) is 50.5 Å². The summed E-state index contributed by atoms with van der Waals surface area (Å²) in [7, 11) is 4.01. The van der Waals surface area contributed by atoms with E-state index in [1.54, 1.807) is 11.0 Å². The zero-order valence-electron chi connectivity index (χ0n) is 17.1. The van der Waals surface area contributed by atoms with Gasteiger partial charge in [0.25, 0.3) is 5.91 Å². The van der Waals surface area contributed by atoms with Gasteiger partial charge in [0, 0.05) is 25.2 Å². The molecule has 1 atom stereocenters. The lowest BCUT2D eigenvalue weighted by molar-refractivity contribution is -0.123. The highest BCUT2D eigenvalue weighted by atomic mass is 16.3. The number of nitrogens with zero attached hydrogens (tertiary/aromatic N) is 2. The Morgan fingerprint density at radius 3 is 2.69 bits per heavy atom. The van der Waals surface area contributed by atoms with Gasteiger partial charge in [0.15, 0.2) is 0 Å². The maximum Gasteiger partial charge on any atom is 0.253 e. The van der Waals surface area contributed by atoms with Gasteiger partial charge in [-0.05, 0) is 61.3 Å². The minimum Gasteiger partial charge on any atom is -0.392 e. The number of piperidine rings is 1. The fourth-order valence-corrected chi connectivity index (χ4v) is 3.92. The molecule has 1 aliphatic heterocycles. The smallest absolute Gasteiger partial charge is 0.253 e. The molecule has 2 amide bonds. The van der Waals surface area contributed by atoms with E-state index in [0.717, 1.165) is 41.6 Å². The second-order valence-electron chi connectivity index (χ2n) is 7.96. The van der Waals surface area contributed by atoms with Gasteiger partial charge in [-0.1, -0.05) is 30.3 Å². The topological polar surface area (TPSA) is 86.9 Å². The third-order valence-electron chi connectivity index (χ3n) is 5.37. The molecule has 1 fully saturated rings. The fourth-order valence-electron chi connectivity index (χ4n) is 3.92. The van der Waals surface area contributed by atoms with Crippen LogP contribution in [0, 0.1) is 5.92 Å². The second kappa shape index (κ2) is 9.20. The third kappa shape index (κ3) is 5.02. The maximum absolute atomic E-state index is 13.0. The molecule has 0 radical (unpaired) electrons. The lowest BCUT2D eigenvalue weighted by atomic mass is 9.95. The van der Waals surface area contributed by atoms with Crippen molar-refractivity contribution in [3.8, 4) is 11.1 Å². The molecule has 0 aliphatic carbocycles. The van der Waals surface area contributed by atoms with Crippen molar-refractivity contribution in [3.63, 3.8) is 0 Å². The Morgan fingerprint density at radius 1 is 1.21 bits per heavy atom. The first-order chi connectivity index (χ1) is 13.9. The Bertz CT molecular complexity index is 895. The van der Waals surface area contributed by atoms with Crippen molar-refractivity contribution in [1.29, 1.82) is 0 Å². The molecule has 154 valence electrons.